The van der Waals surface area contributed by atoms with Gasteiger partial charge >= 0.3 is 0 Å². The Morgan fingerprint density at radius 1 is 0.542 bits per heavy atom. The van der Waals surface area contributed by atoms with E-state index in [2.05, 4.69) is 134 Å². The fourth-order valence-corrected chi connectivity index (χ4v) is 10.1. The quantitative estimate of drug-likeness (QED) is 0.174. The third-order valence-corrected chi connectivity index (χ3v) is 12.1. The summed E-state index contributed by atoms with van der Waals surface area (Å²) in [5.41, 5.74) is 10.8. The molecule has 0 saturated carbocycles. The zero-order chi connectivity index (χ0) is 31.9. The predicted octanol–water partition coefficient (Wildman–Crippen LogP) is 11.3. The van der Waals surface area contributed by atoms with Crippen LogP contribution >= 0.6 is 11.3 Å². The molecule has 0 fully saturated rings. The highest BCUT2D eigenvalue weighted by Crippen LogP contribution is 2.53. The van der Waals surface area contributed by atoms with Gasteiger partial charge in [0.1, 0.15) is 5.00 Å². The normalized spacial score (nSPS) is 13.9. The molecular formula is C44H28N2OS. The minimum Gasteiger partial charge on any atom is -0.300 e. The van der Waals surface area contributed by atoms with Crippen LogP contribution in [0.4, 0.5) is 0 Å². The number of nitrogens with zero attached hydrogens (tertiary/aromatic N) is 2. The molecule has 6 aromatic carbocycles. The number of rotatable bonds is 2. The van der Waals surface area contributed by atoms with Crippen LogP contribution in [0.2, 0.25) is 0 Å². The van der Waals surface area contributed by atoms with Crippen LogP contribution in [0.5, 0.6) is 0 Å². The highest BCUT2D eigenvalue weighted by atomic mass is 32.1. The summed E-state index contributed by atoms with van der Waals surface area (Å²) in [6.45, 7) is 4.70. The van der Waals surface area contributed by atoms with E-state index in [0.717, 1.165) is 53.4 Å². The van der Waals surface area contributed by atoms with Crippen LogP contribution in [0.25, 0.3) is 86.3 Å². The first-order valence-electron chi connectivity index (χ1n) is 16.5. The van der Waals surface area contributed by atoms with E-state index in [1.165, 1.54) is 44.1 Å². The lowest BCUT2D eigenvalue weighted by atomic mass is 9.82. The molecule has 0 saturated heterocycles. The Labute approximate surface area is 279 Å². The van der Waals surface area contributed by atoms with Crippen LogP contribution in [0, 0.1) is 0 Å². The largest absolute Gasteiger partial charge is 0.300 e. The van der Waals surface area contributed by atoms with E-state index in [1.54, 1.807) is 11.3 Å². The molecule has 4 heterocycles. The van der Waals surface area contributed by atoms with Gasteiger partial charge in [-0.2, -0.15) is 0 Å². The number of hydrogen-bond donors (Lipinski definition) is 0. The Morgan fingerprint density at radius 3 is 2.08 bits per heavy atom. The second-order valence-corrected chi connectivity index (χ2v) is 14.7. The van der Waals surface area contributed by atoms with Crippen LogP contribution < -0.4 is 5.56 Å². The molecule has 4 heteroatoms. The molecule has 11 rings (SSSR count). The summed E-state index contributed by atoms with van der Waals surface area (Å²) in [6.07, 6.45) is 0. The maximum Gasteiger partial charge on any atom is 0.263 e. The Hall–Kier alpha value is -5.71. The molecule has 0 atom stereocenters. The van der Waals surface area contributed by atoms with Gasteiger partial charge in [0, 0.05) is 37.7 Å². The number of para-hydroxylation sites is 2. The Morgan fingerprint density at radius 2 is 1.23 bits per heavy atom. The summed E-state index contributed by atoms with van der Waals surface area (Å²) in [6, 6.07) is 47.7. The van der Waals surface area contributed by atoms with E-state index in [4.69, 9.17) is 0 Å². The van der Waals surface area contributed by atoms with Gasteiger partial charge in [-0.05, 0) is 57.5 Å². The summed E-state index contributed by atoms with van der Waals surface area (Å²) >= 11 is 1.79. The van der Waals surface area contributed by atoms with Crippen molar-refractivity contribution in [3.8, 4) is 26.6 Å². The van der Waals surface area contributed by atoms with Crippen molar-refractivity contribution in [2.75, 3.05) is 0 Å². The van der Waals surface area contributed by atoms with Crippen LogP contribution in [-0.4, -0.2) is 8.97 Å². The third-order valence-electron chi connectivity index (χ3n) is 10.9. The lowest BCUT2D eigenvalue weighted by Crippen LogP contribution is -2.14. The van der Waals surface area contributed by atoms with E-state index in [-0.39, 0.29) is 11.0 Å². The number of pyridine rings is 1. The average molecular weight is 633 g/mol. The van der Waals surface area contributed by atoms with E-state index in [9.17, 15) is 4.79 Å². The van der Waals surface area contributed by atoms with E-state index in [0.29, 0.717) is 0 Å². The molecule has 0 spiro atoms. The van der Waals surface area contributed by atoms with Gasteiger partial charge in [0.15, 0.2) is 0 Å². The molecule has 0 aliphatic heterocycles. The van der Waals surface area contributed by atoms with Crippen LogP contribution in [0.15, 0.2) is 138 Å². The van der Waals surface area contributed by atoms with Gasteiger partial charge < -0.3 is 4.57 Å². The zero-order valence-corrected chi connectivity index (χ0v) is 27.2. The van der Waals surface area contributed by atoms with Crippen molar-refractivity contribution in [3.05, 3.63) is 155 Å². The molecule has 0 radical (unpaired) electrons. The zero-order valence-electron chi connectivity index (χ0n) is 26.4. The minimum absolute atomic E-state index is 0.0328. The van der Waals surface area contributed by atoms with Crippen LogP contribution in [-0.2, 0) is 5.41 Å². The second kappa shape index (κ2) is 9.00. The number of aromatic nitrogens is 2. The Kier molecular flexibility index (Phi) is 4.95. The molecule has 10 aromatic rings. The van der Waals surface area contributed by atoms with Gasteiger partial charge in [0.05, 0.1) is 26.9 Å². The average Bonchev–Trinajstić information content (AvgIpc) is 3.83. The number of fused-ring (bicyclic) bond motifs is 11. The minimum atomic E-state index is -0.122. The number of hydrogen-bond acceptors (Lipinski definition) is 2. The van der Waals surface area contributed by atoms with Crippen molar-refractivity contribution in [2.45, 2.75) is 19.3 Å². The number of benzene rings is 6. The van der Waals surface area contributed by atoms with Crippen LogP contribution in [0.1, 0.15) is 25.0 Å². The standard InChI is InChI=1S/C44H28N2OS/c1-44(2)34-21-10-8-16-27(34)32-23-33-28-17-9-11-22-36(28)45(37(33)24-35(32)44)43-38-31-20-12-19-29-26-15-6-7-18-30(26)42(47)46(39(29)31)40(38)41(48-43)25-13-4-3-5-14-25/h3-24H,1-2H3. The first-order chi connectivity index (χ1) is 23.5. The smallest absolute Gasteiger partial charge is 0.263 e. The molecule has 226 valence electrons. The summed E-state index contributed by atoms with van der Waals surface area (Å²) < 4.78 is 4.49. The fraction of sp³-hybridized carbons (Fsp3) is 0.0682. The lowest BCUT2D eigenvalue weighted by molar-refractivity contribution is 0.661. The molecule has 0 bridgehead atoms. The van der Waals surface area contributed by atoms with E-state index >= 15 is 0 Å². The summed E-state index contributed by atoms with van der Waals surface area (Å²) in [4.78, 5) is 15.6. The summed E-state index contributed by atoms with van der Waals surface area (Å²) in [5, 5.41) is 8.71. The maximum atomic E-state index is 14.5. The molecule has 1 aliphatic rings. The summed E-state index contributed by atoms with van der Waals surface area (Å²) in [5.74, 6) is 0. The topological polar surface area (TPSA) is 26.4 Å². The van der Waals surface area contributed by atoms with Gasteiger partial charge in [0.25, 0.3) is 5.56 Å². The number of thiophene rings is 1. The molecular weight excluding hydrogens is 605 g/mol. The van der Waals surface area contributed by atoms with E-state index < -0.39 is 0 Å². The lowest BCUT2D eigenvalue weighted by Gasteiger charge is -2.21. The summed E-state index contributed by atoms with van der Waals surface area (Å²) in [7, 11) is 0. The van der Waals surface area contributed by atoms with Crippen LogP contribution in [0.3, 0.4) is 0 Å². The molecule has 0 amide bonds. The van der Waals surface area contributed by atoms with Crippen molar-refractivity contribution in [2.24, 2.45) is 0 Å². The molecule has 0 N–H and O–H groups in total. The highest BCUT2D eigenvalue weighted by molar-refractivity contribution is 7.20. The van der Waals surface area contributed by atoms with Gasteiger partial charge in [-0.3, -0.25) is 9.20 Å². The molecule has 4 aromatic heterocycles. The monoisotopic (exact) mass is 632 g/mol. The van der Waals surface area contributed by atoms with Crippen molar-refractivity contribution in [3.63, 3.8) is 0 Å². The third kappa shape index (κ3) is 3.12. The predicted molar refractivity (Wildman–Crippen MR) is 203 cm³/mol. The van der Waals surface area contributed by atoms with Crippen molar-refractivity contribution < 1.29 is 0 Å². The van der Waals surface area contributed by atoms with Gasteiger partial charge in [-0.1, -0.05) is 123 Å². The molecule has 48 heavy (non-hydrogen) atoms. The second-order valence-electron chi connectivity index (χ2n) is 13.7. The molecule has 0 unspecified atom stereocenters. The highest BCUT2D eigenvalue weighted by Gasteiger charge is 2.36. The Balaban J connectivity index is 1.36. The van der Waals surface area contributed by atoms with E-state index in [1.807, 2.05) is 22.6 Å². The van der Waals surface area contributed by atoms with Gasteiger partial charge in [-0.25, -0.2) is 0 Å². The molecule has 3 nitrogen and oxygen atoms in total. The van der Waals surface area contributed by atoms with Crippen molar-refractivity contribution in [1.82, 2.24) is 8.97 Å². The fourth-order valence-electron chi connectivity index (χ4n) is 8.73. The first kappa shape index (κ1) is 26.4. The van der Waals surface area contributed by atoms with Crippen molar-refractivity contribution in [1.29, 1.82) is 0 Å². The van der Waals surface area contributed by atoms with Crippen molar-refractivity contribution >= 4 is 71.1 Å². The maximum absolute atomic E-state index is 14.5. The molecule has 1 aliphatic carbocycles. The Bertz CT molecular complexity index is 3050. The van der Waals surface area contributed by atoms with Gasteiger partial charge in [-0.15, -0.1) is 11.3 Å². The SMILES string of the molecule is CC1(C)c2ccccc2-c2cc3c4ccccc4n(-c4sc(-c5ccccc5)c5c4c4cccc6c7ccccc7c(=O)n5c64)c3cc21. The first-order valence-corrected chi connectivity index (χ1v) is 17.3. The van der Waals surface area contributed by atoms with Gasteiger partial charge in [0.2, 0.25) is 0 Å².